The van der Waals surface area contributed by atoms with Crippen LogP contribution in [0.25, 0.3) is 0 Å². The van der Waals surface area contributed by atoms with E-state index in [2.05, 4.69) is 5.32 Å². The zero-order chi connectivity index (χ0) is 20.9. The number of sulfonamides is 1. The number of piperidine rings is 1. The first kappa shape index (κ1) is 21.5. The fourth-order valence-corrected chi connectivity index (χ4v) is 5.35. The van der Waals surface area contributed by atoms with E-state index < -0.39 is 16.0 Å². The summed E-state index contributed by atoms with van der Waals surface area (Å²) in [5.41, 5.74) is 1.38. The molecule has 9 heteroatoms. The molecule has 156 valence electrons. The van der Waals surface area contributed by atoms with E-state index >= 15 is 0 Å². The van der Waals surface area contributed by atoms with Crippen molar-refractivity contribution in [2.75, 3.05) is 19.7 Å². The highest BCUT2D eigenvalue weighted by Gasteiger charge is 2.32. The maximum atomic E-state index is 12.9. The number of hydrogen-bond donors (Lipinski definition) is 1. The lowest BCUT2D eigenvalue weighted by Gasteiger charge is -2.30. The van der Waals surface area contributed by atoms with Crippen molar-refractivity contribution in [1.29, 1.82) is 0 Å². The van der Waals surface area contributed by atoms with Crippen molar-refractivity contribution in [3.8, 4) is 0 Å². The second-order valence-electron chi connectivity index (χ2n) is 6.77. The van der Waals surface area contributed by atoms with Crippen LogP contribution in [0.2, 0.25) is 0 Å². The average Bonchev–Trinajstić information content (AvgIpc) is 3.26. The van der Waals surface area contributed by atoms with Crippen LogP contribution in [0.1, 0.15) is 35.7 Å². The number of ether oxygens (including phenoxy) is 1. The lowest BCUT2D eigenvalue weighted by atomic mass is 9.97. The number of amides is 1. The van der Waals surface area contributed by atoms with Crippen molar-refractivity contribution in [2.45, 2.75) is 31.2 Å². The Kier molecular flexibility index (Phi) is 7.05. The molecule has 1 saturated heterocycles. The molecule has 0 saturated carbocycles. The lowest BCUT2D eigenvalue weighted by molar-refractivity contribution is -0.126. The number of nitrogens with zero attached hydrogens (tertiary/aromatic N) is 1. The molecule has 0 aliphatic carbocycles. The Labute approximate surface area is 174 Å². The molecule has 3 rings (SSSR count). The molecule has 29 heavy (non-hydrogen) atoms. The first-order valence-electron chi connectivity index (χ1n) is 9.48. The first-order valence-corrected chi connectivity index (χ1v) is 11.9. The van der Waals surface area contributed by atoms with Gasteiger partial charge in [0.05, 0.1) is 17.1 Å². The van der Waals surface area contributed by atoms with Crippen LogP contribution in [0.15, 0.2) is 46.0 Å². The van der Waals surface area contributed by atoms with Crippen molar-refractivity contribution in [3.63, 3.8) is 0 Å². The maximum Gasteiger partial charge on any atom is 0.338 e. The SMILES string of the molecule is CCOC(=O)c1ccc(S(=O)(=O)N2CCC(C(=O)NCc3ccsc3)CC2)cc1. The highest BCUT2D eigenvalue weighted by molar-refractivity contribution is 7.89. The van der Waals surface area contributed by atoms with Crippen LogP contribution in [0, 0.1) is 5.92 Å². The fraction of sp³-hybridized carbons (Fsp3) is 0.400. The van der Waals surface area contributed by atoms with Crippen molar-refractivity contribution in [1.82, 2.24) is 9.62 Å². The topological polar surface area (TPSA) is 92.8 Å². The number of esters is 1. The summed E-state index contributed by atoms with van der Waals surface area (Å²) in [5, 5.41) is 6.87. The Morgan fingerprint density at radius 1 is 1.17 bits per heavy atom. The molecule has 1 amide bonds. The number of carbonyl (C=O) groups is 2. The number of nitrogens with one attached hydrogen (secondary N) is 1. The van der Waals surface area contributed by atoms with Gasteiger partial charge >= 0.3 is 5.97 Å². The molecule has 2 aromatic rings. The van der Waals surface area contributed by atoms with Crippen LogP contribution in [0.5, 0.6) is 0 Å². The zero-order valence-electron chi connectivity index (χ0n) is 16.2. The summed E-state index contributed by atoms with van der Waals surface area (Å²) < 4.78 is 32.0. The van der Waals surface area contributed by atoms with Gasteiger partial charge in [0.1, 0.15) is 0 Å². The molecule has 1 aliphatic heterocycles. The van der Waals surface area contributed by atoms with Crippen molar-refractivity contribution < 1.29 is 22.7 Å². The van der Waals surface area contributed by atoms with Gasteiger partial charge in [0.15, 0.2) is 0 Å². The van der Waals surface area contributed by atoms with Crippen LogP contribution in [0.4, 0.5) is 0 Å². The first-order chi connectivity index (χ1) is 13.9. The summed E-state index contributed by atoms with van der Waals surface area (Å²) in [7, 11) is -3.66. The number of rotatable bonds is 7. The van der Waals surface area contributed by atoms with Crippen molar-refractivity contribution >= 4 is 33.2 Å². The third-order valence-corrected chi connectivity index (χ3v) is 7.52. The molecule has 1 aliphatic rings. The van der Waals surface area contributed by atoms with E-state index in [0.717, 1.165) is 5.56 Å². The van der Waals surface area contributed by atoms with Gasteiger partial charge in [-0.15, -0.1) is 0 Å². The lowest BCUT2D eigenvalue weighted by Crippen LogP contribution is -2.42. The molecule has 0 spiro atoms. The second kappa shape index (κ2) is 9.51. The molecular formula is C20H24N2O5S2. The molecule has 0 radical (unpaired) electrons. The Morgan fingerprint density at radius 3 is 2.45 bits per heavy atom. The molecule has 1 aromatic carbocycles. The van der Waals surface area contributed by atoms with Gasteiger partial charge in [-0.1, -0.05) is 0 Å². The highest BCUT2D eigenvalue weighted by Crippen LogP contribution is 2.24. The molecule has 0 atom stereocenters. The summed E-state index contributed by atoms with van der Waals surface area (Å²) in [6, 6.07) is 7.71. The summed E-state index contributed by atoms with van der Waals surface area (Å²) in [4.78, 5) is 24.2. The Balaban J connectivity index is 1.56. The number of hydrogen-bond acceptors (Lipinski definition) is 6. The Morgan fingerprint density at radius 2 is 1.86 bits per heavy atom. The van der Waals surface area contributed by atoms with Gasteiger partial charge in [0.25, 0.3) is 0 Å². The minimum absolute atomic E-state index is 0.0352. The molecule has 1 N–H and O–H groups in total. The summed E-state index contributed by atoms with van der Waals surface area (Å²) in [6.07, 6.45) is 0.964. The van der Waals surface area contributed by atoms with Crippen LogP contribution >= 0.6 is 11.3 Å². The minimum atomic E-state index is -3.66. The molecule has 1 aromatic heterocycles. The summed E-state index contributed by atoms with van der Waals surface area (Å²) >= 11 is 1.58. The highest BCUT2D eigenvalue weighted by atomic mass is 32.2. The van der Waals surface area contributed by atoms with Gasteiger partial charge in [0.2, 0.25) is 15.9 Å². The maximum absolute atomic E-state index is 12.9. The smallest absolute Gasteiger partial charge is 0.338 e. The van der Waals surface area contributed by atoms with E-state index in [1.165, 1.54) is 28.6 Å². The monoisotopic (exact) mass is 436 g/mol. The third-order valence-electron chi connectivity index (χ3n) is 4.87. The quantitative estimate of drug-likeness (QED) is 0.674. The van der Waals surface area contributed by atoms with Gasteiger partial charge in [-0.05, 0) is 66.4 Å². The van der Waals surface area contributed by atoms with E-state index in [1.54, 1.807) is 18.3 Å². The average molecular weight is 437 g/mol. The van der Waals surface area contributed by atoms with Gasteiger partial charge in [-0.3, -0.25) is 4.79 Å². The van der Waals surface area contributed by atoms with Gasteiger partial charge in [0, 0.05) is 25.6 Å². The molecule has 7 nitrogen and oxygen atoms in total. The van der Waals surface area contributed by atoms with Crippen molar-refractivity contribution in [2.24, 2.45) is 5.92 Å². The molecule has 1 fully saturated rings. The van der Waals surface area contributed by atoms with Crippen molar-refractivity contribution in [3.05, 3.63) is 52.2 Å². The second-order valence-corrected chi connectivity index (χ2v) is 9.49. The third kappa shape index (κ3) is 5.23. The van der Waals surface area contributed by atoms with E-state index in [1.807, 2.05) is 16.8 Å². The van der Waals surface area contributed by atoms with E-state index in [0.29, 0.717) is 38.0 Å². The predicted molar refractivity (Wildman–Crippen MR) is 110 cm³/mol. The molecule has 0 bridgehead atoms. The van der Waals surface area contributed by atoms with Crippen LogP contribution in [-0.2, 0) is 26.1 Å². The van der Waals surface area contributed by atoms with Gasteiger partial charge in [-0.2, -0.15) is 15.6 Å². The van der Waals surface area contributed by atoms with E-state index in [-0.39, 0.29) is 23.3 Å². The summed E-state index contributed by atoms with van der Waals surface area (Å²) in [5.74, 6) is -0.705. The Bertz CT molecular complexity index is 932. The number of benzene rings is 1. The molecule has 0 unspecified atom stereocenters. The van der Waals surface area contributed by atoms with E-state index in [4.69, 9.17) is 4.74 Å². The molecular weight excluding hydrogens is 412 g/mol. The van der Waals surface area contributed by atoms with Gasteiger partial charge < -0.3 is 10.1 Å². The molecule has 2 heterocycles. The fourth-order valence-electron chi connectivity index (χ4n) is 3.21. The zero-order valence-corrected chi connectivity index (χ0v) is 17.8. The Hall–Kier alpha value is -2.23. The normalized spacial score (nSPS) is 15.8. The number of thiophene rings is 1. The van der Waals surface area contributed by atoms with Gasteiger partial charge in [-0.25, -0.2) is 13.2 Å². The predicted octanol–water partition coefficient (Wildman–Crippen LogP) is 2.64. The largest absolute Gasteiger partial charge is 0.462 e. The van der Waals surface area contributed by atoms with Crippen LogP contribution in [0.3, 0.4) is 0 Å². The minimum Gasteiger partial charge on any atom is -0.462 e. The van der Waals surface area contributed by atoms with E-state index in [9.17, 15) is 18.0 Å². The number of carbonyl (C=O) groups excluding carboxylic acids is 2. The van der Waals surface area contributed by atoms with Crippen LogP contribution < -0.4 is 5.32 Å². The summed E-state index contributed by atoms with van der Waals surface area (Å²) in [6.45, 7) is 3.04. The standard InChI is InChI=1S/C20H24N2O5S2/c1-2-27-20(24)17-3-5-18(6-4-17)29(25,26)22-10-7-16(8-11-22)19(23)21-13-15-9-12-28-14-15/h3-6,9,12,14,16H,2,7-8,10-11,13H2,1H3,(H,21,23). The van der Waals surface area contributed by atoms with Crippen LogP contribution in [-0.4, -0.2) is 44.3 Å².